The maximum Gasteiger partial charge on any atom is 0.105 e. The molecule has 3 nitrogen and oxygen atoms in total. The third-order valence-corrected chi connectivity index (χ3v) is 4.91. The van der Waals surface area contributed by atoms with Crippen LogP contribution in [0.15, 0.2) is 12.2 Å². The highest BCUT2D eigenvalue weighted by Crippen LogP contribution is 2.43. The van der Waals surface area contributed by atoms with Crippen LogP contribution in [0.4, 0.5) is 0 Å². The average molecular weight is 237 g/mol. The van der Waals surface area contributed by atoms with Gasteiger partial charge in [-0.3, -0.25) is 0 Å². The molecule has 0 amide bonds. The Hall–Kier alpha value is -0.380. The highest BCUT2D eigenvalue weighted by Gasteiger charge is 2.40. The normalized spacial score (nSPS) is 48.1. The number of rotatable bonds is 4. The van der Waals surface area contributed by atoms with Crippen LogP contribution in [-0.2, 0) is 4.74 Å². The molecule has 5 atom stereocenters. The van der Waals surface area contributed by atoms with Gasteiger partial charge in [0.25, 0.3) is 0 Å². The molecule has 3 rings (SSSR count). The molecule has 0 spiro atoms. The molecule has 1 saturated carbocycles. The SMILES string of the molecule is CC1OCCC1(O)CNCC1CC2C=CC1C2. The molecule has 3 heteroatoms. The van der Waals surface area contributed by atoms with E-state index >= 15 is 0 Å². The largest absolute Gasteiger partial charge is 0.386 e. The van der Waals surface area contributed by atoms with Crippen LogP contribution in [-0.4, -0.2) is 36.5 Å². The fourth-order valence-electron chi connectivity index (χ4n) is 3.61. The maximum atomic E-state index is 10.4. The predicted octanol–water partition coefficient (Wildman–Crippen LogP) is 1.33. The van der Waals surface area contributed by atoms with Gasteiger partial charge in [0.15, 0.2) is 0 Å². The molecular formula is C14H23NO2. The Labute approximate surface area is 103 Å². The van der Waals surface area contributed by atoms with Gasteiger partial charge in [0.1, 0.15) is 5.60 Å². The zero-order valence-electron chi connectivity index (χ0n) is 10.6. The number of fused-ring (bicyclic) bond motifs is 2. The standard InChI is InChI=1S/C14H23NO2/c1-10-14(16,4-5-17-10)9-15-8-13-7-11-2-3-12(13)6-11/h2-3,10-13,15-16H,4-9H2,1H3. The Morgan fingerprint density at radius 3 is 2.88 bits per heavy atom. The third kappa shape index (κ3) is 2.16. The van der Waals surface area contributed by atoms with E-state index in [-0.39, 0.29) is 6.10 Å². The van der Waals surface area contributed by atoms with Crippen LogP contribution in [0.2, 0.25) is 0 Å². The summed E-state index contributed by atoms with van der Waals surface area (Å²) in [6.07, 6.45) is 8.18. The first-order valence-electron chi connectivity index (χ1n) is 6.90. The lowest BCUT2D eigenvalue weighted by Crippen LogP contribution is -2.47. The fourth-order valence-corrected chi connectivity index (χ4v) is 3.61. The molecule has 5 unspecified atom stereocenters. The molecule has 96 valence electrons. The van der Waals surface area contributed by atoms with Gasteiger partial charge in [-0.05, 0) is 44.1 Å². The summed E-state index contributed by atoms with van der Waals surface area (Å²) in [6, 6.07) is 0. The minimum absolute atomic E-state index is 0.0325. The molecule has 0 aromatic heterocycles. The molecule has 2 bridgehead atoms. The zero-order valence-corrected chi connectivity index (χ0v) is 10.6. The lowest BCUT2D eigenvalue weighted by molar-refractivity contribution is -0.0266. The number of hydrogen-bond donors (Lipinski definition) is 2. The molecule has 0 radical (unpaired) electrons. The topological polar surface area (TPSA) is 41.5 Å². The smallest absolute Gasteiger partial charge is 0.105 e. The highest BCUT2D eigenvalue weighted by molar-refractivity contribution is 5.10. The maximum absolute atomic E-state index is 10.4. The van der Waals surface area contributed by atoms with Gasteiger partial charge in [-0.15, -0.1) is 0 Å². The molecule has 17 heavy (non-hydrogen) atoms. The van der Waals surface area contributed by atoms with Gasteiger partial charge in [0.2, 0.25) is 0 Å². The minimum atomic E-state index is -0.645. The Kier molecular flexibility index (Phi) is 3.01. The quantitative estimate of drug-likeness (QED) is 0.725. The lowest BCUT2D eigenvalue weighted by Gasteiger charge is -2.28. The molecule has 2 aliphatic carbocycles. The van der Waals surface area contributed by atoms with E-state index in [1.807, 2.05) is 6.92 Å². The molecule has 0 aromatic rings. The first-order chi connectivity index (χ1) is 8.17. The van der Waals surface area contributed by atoms with Gasteiger partial charge in [-0.1, -0.05) is 12.2 Å². The second kappa shape index (κ2) is 4.38. The van der Waals surface area contributed by atoms with Crippen LogP contribution < -0.4 is 5.32 Å². The predicted molar refractivity (Wildman–Crippen MR) is 66.7 cm³/mol. The van der Waals surface area contributed by atoms with Crippen molar-refractivity contribution in [3.8, 4) is 0 Å². The van der Waals surface area contributed by atoms with E-state index in [1.165, 1.54) is 12.8 Å². The molecular weight excluding hydrogens is 214 g/mol. The summed E-state index contributed by atoms with van der Waals surface area (Å²) in [5.74, 6) is 2.41. The number of ether oxygens (including phenoxy) is 1. The lowest BCUT2D eigenvalue weighted by atomic mass is 9.92. The van der Waals surface area contributed by atoms with E-state index in [4.69, 9.17) is 4.74 Å². The van der Waals surface area contributed by atoms with E-state index in [9.17, 15) is 5.11 Å². The van der Waals surface area contributed by atoms with Gasteiger partial charge >= 0.3 is 0 Å². The molecule has 2 N–H and O–H groups in total. The van der Waals surface area contributed by atoms with Crippen LogP contribution >= 0.6 is 0 Å². The Balaban J connectivity index is 1.45. The number of hydrogen-bond acceptors (Lipinski definition) is 3. The van der Waals surface area contributed by atoms with Crippen LogP contribution in [0.1, 0.15) is 26.2 Å². The summed E-state index contributed by atoms with van der Waals surface area (Å²) in [5.41, 5.74) is -0.645. The Bertz CT molecular complexity index is 317. The van der Waals surface area contributed by atoms with E-state index in [2.05, 4.69) is 17.5 Å². The van der Waals surface area contributed by atoms with E-state index in [1.54, 1.807) is 0 Å². The van der Waals surface area contributed by atoms with E-state index < -0.39 is 5.60 Å². The average Bonchev–Trinajstić information content (AvgIpc) is 2.97. The van der Waals surface area contributed by atoms with Crippen molar-refractivity contribution < 1.29 is 9.84 Å². The van der Waals surface area contributed by atoms with Gasteiger partial charge in [0, 0.05) is 19.6 Å². The van der Waals surface area contributed by atoms with Gasteiger partial charge < -0.3 is 15.2 Å². The van der Waals surface area contributed by atoms with Crippen molar-refractivity contribution in [3.63, 3.8) is 0 Å². The van der Waals surface area contributed by atoms with E-state index in [0.29, 0.717) is 13.2 Å². The summed E-state index contributed by atoms with van der Waals surface area (Å²) in [5, 5.41) is 13.8. The first-order valence-corrected chi connectivity index (χ1v) is 6.90. The molecule has 1 aliphatic heterocycles. The van der Waals surface area contributed by atoms with Crippen molar-refractivity contribution in [1.29, 1.82) is 0 Å². The fraction of sp³-hybridized carbons (Fsp3) is 0.857. The number of nitrogens with one attached hydrogen (secondary N) is 1. The number of aliphatic hydroxyl groups is 1. The van der Waals surface area contributed by atoms with Crippen molar-refractivity contribution >= 4 is 0 Å². The molecule has 1 saturated heterocycles. The van der Waals surface area contributed by atoms with Crippen molar-refractivity contribution in [1.82, 2.24) is 5.32 Å². The summed E-state index contributed by atoms with van der Waals surface area (Å²) in [6.45, 7) is 4.37. The zero-order chi connectivity index (χ0) is 11.9. The monoisotopic (exact) mass is 237 g/mol. The molecule has 3 aliphatic rings. The molecule has 2 fully saturated rings. The molecule has 0 aromatic carbocycles. The van der Waals surface area contributed by atoms with Crippen molar-refractivity contribution in [2.24, 2.45) is 17.8 Å². The van der Waals surface area contributed by atoms with Crippen molar-refractivity contribution in [2.75, 3.05) is 19.7 Å². The van der Waals surface area contributed by atoms with Crippen LogP contribution in [0, 0.1) is 17.8 Å². The molecule has 1 heterocycles. The second-order valence-corrected chi connectivity index (χ2v) is 6.04. The van der Waals surface area contributed by atoms with Crippen molar-refractivity contribution in [3.05, 3.63) is 12.2 Å². The third-order valence-electron chi connectivity index (χ3n) is 4.91. The van der Waals surface area contributed by atoms with Crippen molar-refractivity contribution in [2.45, 2.75) is 37.9 Å². The summed E-state index contributed by atoms with van der Waals surface area (Å²) >= 11 is 0. The summed E-state index contributed by atoms with van der Waals surface area (Å²) < 4.78 is 5.44. The minimum Gasteiger partial charge on any atom is -0.386 e. The first kappa shape index (κ1) is 11.7. The van der Waals surface area contributed by atoms with Crippen LogP contribution in [0.25, 0.3) is 0 Å². The Morgan fingerprint density at radius 1 is 1.41 bits per heavy atom. The van der Waals surface area contributed by atoms with Gasteiger partial charge in [-0.25, -0.2) is 0 Å². The van der Waals surface area contributed by atoms with Gasteiger partial charge in [-0.2, -0.15) is 0 Å². The summed E-state index contributed by atoms with van der Waals surface area (Å²) in [4.78, 5) is 0. The van der Waals surface area contributed by atoms with Gasteiger partial charge in [0.05, 0.1) is 6.10 Å². The number of allylic oxidation sites excluding steroid dienone is 2. The van der Waals surface area contributed by atoms with Crippen LogP contribution in [0.5, 0.6) is 0 Å². The Morgan fingerprint density at radius 2 is 2.29 bits per heavy atom. The second-order valence-electron chi connectivity index (χ2n) is 6.04. The van der Waals surface area contributed by atoms with E-state index in [0.717, 1.165) is 30.7 Å². The summed E-state index contributed by atoms with van der Waals surface area (Å²) in [7, 11) is 0. The van der Waals surface area contributed by atoms with Crippen LogP contribution in [0.3, 0.4) is 0 Å². The highest BCUT2D eigenvalue weighted by atomic mass is 16.5.